The molecule has 3 aromatic heterocycles. The molecule has 0 saturated carbocycles. The molecule has 4 heterocycles. The average Bonchev–Trinajstić information content (AvgIpc) is 3.40. The summed E-state index contributed by atoms with van der Waals surface area (Å²) in [6.45, 7) is 8.78. The maximum Gasteiger partial charge on any atom is 0.234 e. The van der Waals surface area contributed by atoms with Crippen LogP contribution in [0.25, 0.3) is 34.0 Å². The number of piperazine rings is 1. The molecule has 35 heavy (non-hydrogen) atoms. The van der Waals surface area contributed by atoms with Gasteiger partial charge in [-0.2, -0.15) is 0 Å². The minimum atomic E-state index is -0.760. The van der Waals surface area contributed by atoms with Crippen molar-refractivity contribution in [1.29, 1.82) is 0 Å². The van der Waals surface area contributed by atoms with Crippen molar-refractivity contribution < 1.29 is 12.2 Å². The lowest BCUT2D eigenvalue weighted by Gasteiger charge is -2.34. The Kier molecular flexibility index (Phi) is 6.13. The molecule has 8 nitrogen and oxygen atoms in total. The SMILES string of the molecule is Cc1ncc(-c2ccnc(C(C)(C)C(=O)N3CCNCC3)c2)nc1-c1cc(-c2ccccc2)no1.[HH].[HH]. The van der Waals surface area contributed by atoms with E-state index in [1.807, 2.05) is 74.2 Å². The second kappa shape index (κ2) is 9.38. The molecule has 1 aliphatic rings. The molecule has 0 bridgehead atoms. The van der Waals surface area contributed by atoms with E-state index in [1.165, 1.54) is 0 Å². The van der Waals surface area contributed by atoms with Crippen LogP contribution in [0.1, 0.15) is 28.1 Å². The van der Waals surface area contributed by atoms with Crippen LogP contribution in [0.4, 0.5) is 0 Å². The van der Waals surface area contributed by atoms with Gasteiger partial charge in [0.2, 0.25) is 5.91 Å². The van der Waals surface area contributed by atoms with Gasteiger partial charge in [0.15, 0.2) is 5.76 Å². The number of benzene rings is 1. The van der Waals surface area contributed by atoms with Crippen LogP contribution in [0.15, 0.2) is 65.4 Å². The zero-order valence-electron chi connectivity index (χ0n) is 20.2. The summed E-state index contributed by atoms with van der Waals surface area (Å²) in [4.78, 5) is 29.1. The number of hydrogen-bond acceptors (Lipinski definition) is 7. The van der Waals surface area contributed by atoms with Crippen molar-refractivity contribution in [2.45, 2.75) is 26.2 Å². The molecule has 0 radical (unpaired) electrons. The maximum absolute atomic E-state index is 13.3. The smallest absolute Gasteiger partial charge is 0.234 e. The van der Waals surface area contributed by atoms with Gasteiger partial charge in [0.25, 0.3) is 0 Å². The normalized spacial score (nSPS) is 14.2. The largest absolute Gasteiger partial charge is 0.354 e. The molecular weight excluding hydrogens is 440 g/mol. The quantitative estimate of drug-likeness (QED) is 0.461. The Balaban J connectivity index is 0.00000190. The molecule has 182 valence electrons. The van der Waals surface area contributed by atoms with E-state index in [9.17, 15) is 4.79 Å². The number of carbonyl (C=O) groups is 1. The molecule has 0 atom stereocenters. The van der Waals surface area contributed by atoms with Crippen LogP contribution in [-0.2, 0) is 10.2 Å². The van der Waals surface area contributed by atoms with Gasteiger partial charge in [0.05, 0.1) is 28.7 Å². The molecule has 0 unspecified atom stereocenters. The van der Waals surface area contributed by atoms with Crippen LogP contribution < -0.4 is 5.32 Å². The van der Waals surface area contributed by atoms with E-state index in [0.717, 1.165) is 35.6 Å². The fourth-order valence-corrected chi connectivity index (χ4v) is 4.26. The summed E-state index contributed by atoms with van der Waals surface area (Å²) >= 11 is 0. The van der Waals surface area contributed by atoms with Gasteiger partial charge >= 0.3 is 0 Å². The number of aryl methyl sites for hydroxylation is 1. The number of aromatic nitrogens is 4. The topological polar surface area (TPSA) is 97.0 Å². The molecular formula is C27H32N6O2. The lowest BCUT2D eigenvalue weighted by molar-refractivity contribution is -0.137. The zero-order valence-corrected chi connectivity index (χ0v) is 20.2. The predicted octanol–water partition coefficient (Wildman–Crippen LogP) is 4.37. The lowest BCUT2D eigenvalue weighted by atomic mass is 9.86. The number of rotatable bonds is 5. The van der Waals surface area contributed by atoms with Crippen molar-refractivity contribution in [3.05, 3.63) is 72.3 Å². The molecule has 8 heteroatoms. The van der Waals surface area contributed by atoms with E-state index < -0.39 is 5.41 Å². The third-order valence-electron chi connectivity index (χ3n) is 6.40. The van der Waals surface area contributed by atoms with E-state index in [-0.39, 0.29) is 8.76 Å². The van der Waals surface area contributed by atoms with Gasteiger partial charge in [0, 0.05) is 52.4 Å². The summed E-state index contributed by atoms with van der Waals surface area (Å²) in [5.74, 6) is 0.633. The van der Waals surface area contributed by atoms with Gasteiger partial charge in [-0.05, 0) is 32.9 Å². The Morgan fingerprint density at radius 3 is 2.57 bits per heavy atom. The van der Waals surface area contributed by atoms with E-state index in [4.69, 9.17) is 9.51 Å². The zero-order chi connectivity index (χ0) is 24.4. The standard InChI is InChI=1S/C27H28N6O2.2H2/c1-18-25(23-16-21(32-35-23)19-7-5-4-6-8-19)31-22(17-30-18)20-9-10-29-24(15-20)27(2,3)26(34)33-13-11-28-12-14-33;;/h4-10,15-17,28H,11-14H2,1-3H3;2*1H. The van der Waals surface area contributed by atoms with Crippen molar-refractivity contribution >= 4 is 5.91 Å². The van der Waals surface area contributed by atoms with Crippen LogP contribution >= 0.6 is 0 Å². The second-order valence-electron chi connectivity index (χ2n) is 9.23. The number of pyridine rings is 1. The number of nitrogens with one attached hydrogen (secondary N) is 1. The molecule has 1 aromatic carbocycles. The number of hydrogen-bond donors (Lipinski definition) is 1. The Morgan fingerprint density at radius 1 is 1.03 bits per heavy atom. The van der Waals surface area contributed by atoms with E-state index in [2.05, 4.69) is 20.4 Å². The summed E-state index contributed by atoms with van der Waals surface area (Å²) in [6.07, 6.45) is 3.46. The van der Waals surface area contributed by atoms with Gasteiger partial charge in [-0.3, -0.25) is 14.8 Å². The first kappa shape index (κ1) is 22.9. The molecule has 1 saturated heterocycles. The van der Waals surface area contributed by atoms with E-state index >= 15 is 0 Å². The monoisotopic (exact) mass is 472 g/mol. The molecule has 5 rings (SSSR count). The molecule has 0 aliphatic carbocycles. The summed E-state index contributed by atoms with van der Waals surface area (Å²) < 4.78 is 5.63. The Bertz CT molecular complexity index is 1350. The molecule has 1 aliphatic heterocycles. The molecule has 1 fully saturated rings. The summed E-state index contributed by atoms with van der Waals surface area (Å²) in [5.41, 5.74) is 4.55. The van der Waals surface area contributed by atoms with Gasteiger partial charge in [0.1, 0.15) is 11.4 Å². The first-order valence-electron chi connectivity index (χ1n) is 11.8. The Labute approximate surface area is 207 Å². The van der Waals surface area contributed by atoms with Crippen molar-refractivity contribution in [1.82, 2.24) is 30.3 Å². The third kappa shape index (κ3) is 4.57. The second-order valence-corrected chi connectivity index (χ2v) is 9.23. The van der Waals surface area contributed by atoms with E-state index in [0.29, 0.717) is 35.9 Å². The Hall–Kier alpha value is -3.91. The summed E-state index contributed by atoms with van der Waals surface area (Å²) in [5, 5.41) is 7.51. The van der Waals surface area contributed by atoms with Crippen LogP contribution in [-0.4, -0.2) is 57.1 Å². The van der Waals surface area contributed by atoms with Gasteiger partial charge in [-0.1, -0.05) is 35.5 Å². The lowest BCUT2D eigenvalue weighted by Crippen LogP contribution is -2.52. The first-order valence-corrected chi connectivity index (χ1v) is 11.8. The number of amides is 1. The highest BCUT2D eigenvalue weighted by molar-refractivity contribution is 5.87. The van der Waals surface area contributed by atoms with Gasteiger partial charge in [-0.15, -0.1) is 0 Å². The predicted molar refractivity (Wildman–Crippen MR) is 138 cm³/mol. The highest BCUT2D eigenvalue weighted by atomic mass is 16.5. The van der Waals surface area contributed by atoms with Crippen LogP contribution in [0, 0.1) is 6.92 Å². The molecule has 1 amide bonds. The minimum absolute atomic E-state index is 0. The Morgan fingerprint density at radius 2 is 1.80 bits per heavy atom. The molecule has 4 aromatic rings. The fourth-order valence-electron chi connectivity index (χ4n) is 4.26. The third-order valence-corrected chi connectivity index (χ3v) is 6.40. The van der Waals surface area contributed by atoms with Crippen LogP contribution in [0.5, 0.6) is 0 Å². The van der Waals surface area contributed by atoms with Gasteiger partial charge < -0.3 is 14.7 Å². The van der Waals surface area contributed by atoms with Crippen molar-refractivity contribution in [3.8, 4) is 34.0 Å². The van der Waals surface area contributed by atoms with Crippen molar-refractivity contribution in [2.75, 3.05) is 26.2 Å². The highest BCUT2D eigenvalue weighted by Crippen LogP contribution is 2.30. The number of carbonyl (C=O) groups excluding carboxylic acids is 1. The van der Waals surface area contributed by atoms with Gasteiger partial charge in [-0.25, -0.2) is 4.98 Å². The first-order chi connectivity index (χ1) is 16.9. The van der Waals surface area contributed by atoms with Crippen molar-refractivity contribution in [3.63, 3.8) is 0 Å². The summed E-state index contributed by atoms with van der Waals surface area (Å²) in [6, 6.07) is 15.5. The average molecular weight is 473 g/mol. The highest BCUT2D eigenvalue weighted by Gasteiger charge is 2.35. The molecule has 1 N–H and O–H groups in total. The molecule has 0 spiro atoms. The van der Waals surface area contributed by atoms with Crippen LogP contribution in [0.3, 0.4) is 0 Å². The minimum Gasteiger partial charge on any atom is -0.354 e. The summed E-state index contributed by atoms with van der Waals surface area (Å²) in [7, 11) is 0. The van der Waals surface area contributed by atoms with E-state index in [1.54, 1.807) is 12.4 Å². The number of nitrogens with zero attached hydrogens (tertiary/aromatic N) is 5. The van der Waals surface area contributed by atoms with Crippen molar-refractivity contribution in [2.24, 2.45) is 0 Å². The van der Waals surface area contributed by atoms with Crippen LogP contribution in [0.2, 0.25) is 0 Å². The fraction of sp³-hybridized carbons (Fsp3) is 0.296. The maximum atomic E-state index is 13.3.